The van der Waals surface area contributed by atoms with E-state index in [0.29, 0.717) is 6.54 Å². The zero-order valence-electron chi connectivity index (χ0n) is 7.35. The fourth-order valence-corrected chi connectivity index (χ4v) is 0.965. The third kappa shape index (κ3) is 2.63. The fourth-order valence-electron chi connectivity index (χ4n) is 0.965. The largest absolute Gasteiger partial charge is 0.316 e. The molecule has 0 aliphatic rings. The van der Waals surface area contributed by atoms with Crippen LogP contribution in [0.2, 0.25) is 0 Å². The molecule has 3 heteroatoms. The van der Waals surface area contributed by atoms with Crippen LogP contribution >= 0.6 is 0 Å². The van der Waals surface area contributed by atoms with Gasteiger partial charge in [0.25, 0.3) is 0 Å². The lowest BCUT2D eigenvalue weighted by atomic mass is 10.2. The lowest BCUT2D eigenvalue weighted by Gasteiger charge is -1.97. The van der Waals surface area contributed by atoms with Crippen molar-refractivity contribution in [2.75, 3.05) is 13.6 Å². The molecule has 1 aromatic rings. The van der Waals surface area contributed by atoms with E-state index >= 15 is 0 Å². The van der Waals surface area contributed by atoms with E-state index in [2.05, 4.69) is 5.32 Å². The van der Waals surface area contributed by atoms with Gasteiger partial charge in [-0.15, -0.1) is 0 Å². The van der Waals surface area contributed by atoms with Crippen molar-refractivity contribution in [1.29, 1.82) is 0 Å². The summed E-state index contributed by atoms with van der Waals surface area (Å²) in [6.07, 6.45) is 3.10. The van der Waals surface area contributed by atoms with Crippen LogP contribution in [0.3, 0.4) is 0 Å². The maximum Gasteiger partial charge on any atom is 0.133 e. The first-order valence-corrected chi connectivity index (χ1v) is 4.01. The summed E-state index contributed by atoms with van der Waals surface area (Å²) < 4.78 is 25.9. The summed E-state index contributed by atoms with van der Waals surface area (Å²) >= 11 is 0. The Morgan fingerprint density at radius 2 is 1.92 bits per heavy atom. The van der Waals surface area contributed by atoms with Crippen molar-refractivity contribution in [3.63, 3.8) is 0 Å². The molecule has 0 saturated carbocycles. The highest BCUT2D eigenvalue weighted by Gasteiger charge is 2.02. The van der Waals surface area contributed by atoms with E-state index in [4.69, 9.17) is 0 Å². The van der Waals surface area contributed by atoms with E-state index in [1.165, 1.54) is 24.3 Å². The molecule has 0 unspecified atom stereocenters. The second kappa shape index (κ2) is 4.72. The molecule has 70 valence electrons. The quantitative estimate of drug-likeness (QED) is 0.757. The standard InChI is InChI=1S/C10H11F2N/c1-13-7-3-4-8-9(11)5-2-6-10(8)12/h2-6,13H,7H2,1H3/b4-3+. The van der Waals surface area contributed by atoms with E-state index in [1.807, 2.05) is 0 Å². The van der Waals surface area contributed by atoms with Crippen molar-refractivity contribution in [2.45, 2.75) is 0 Å². The maximum atomic E-state index is 13.0. The summed E-state index contributed by atoms with van der Waals surface area (Å²) in [6, 6.07) is 3.82. The Hall–Kier alpha value is -1.22. The first-order chi connectivity index (χ1) is 6.25. The molecule has 0 saturated heterocycles. The minimum Gasteiger partial charge on any atom is -0.316 e. The second-order valence-electron chi connectivity index (χ2n) is 2.60. The van der Waals surface area contributed by atoms with Gasteiger partial charge >= 0.3 is 0 Å². The van der Waals surface area contributed by atoms with E-state index in [-0.39, 0.29) is 5.56 Å². The lowest BCUT2D eigenvalue weighted by Crippen LogP contribution is -2.03. The minimum absolute atomic E-state index is 0.0118. The molecule has 1 nitrogen and oxygen atoms in total. The van der Waals surface area contributed by atoms with E-state index in [0.717, 1.165) is 0 Å². The van der Waals surface area contributed by atoms with Crippen molar-refractivity contribution in [3.8, 4) is 0 Å². The molecule has 0 amide bonds. The zero-order valence-corrected chi connectivity index (χ0v) is 7.35. The number of hydrogen-bond acceptors (Lipinski definition) is 1. The van der Waals surface area contributed by atoms with Gasteiger partial charge in [-0.3, -0.25) is 0 Å². The first-order valence-electron chi connectivity index (χ1n) is 4.01. The van der Waals surface area contributed by atoms with Gasteiger partial charge in [0, 0.05) is 12.1 Å². The highest BCUT2D eigenvalue weighted by molar-refractivity contribution is 5.50. The van der Waals surface area contributed by atoms with Gasteiger partial charge in [0.2, 0.25) is 0 Å². The molecule has 0 bridgehead atoms. The van der Waals surface area contributed by atoms with Crippen LogP contribution in [0.15, 0.2) is 24.3 Å². The summed E-state index contributed by atoms with van der Waals surface area (Å²) in [7, 11) is 1.77. The number of likely N-dealkylation sites (N-methyl/N-ethyl adjacent to an activating group) is 1. The first kappa shape index (κ1) is 9.86. The Kier molecular flexibility index (Phi) is 3.58. The Bertz CT molecular complexity index is 288. The summed E-state index contributed by atoms with van der Waals surface area (Å²) in [5.74, 6) is -1.07. The molecule has 0 aliphatic carbocycles. The monoisotopic (exact) mass is 183 g/mol. The highest BCUT2D eigenvalue weighted by Crippen LogP contribution is 2.13. The van der Waals surface area contributed by atoms with Crippen LogP contribution in [-0.2, 0) is 0 Å². The number of halogens is 2. The molecular formula is C10H11F2N. The maximum absolute atomic E-state index is 13.0. The Morgan fingerprint density at radius 3 is 2.46 bits per heavy atom. The van der Waals surface area contributed by atoms with E-state index < -0.39 is 11.6 Å². The Balaban J connectivity index is 2.87. The molecular weight excluding hydrogens is 172 g/mol. The lowest BCUT2D eigenvalue weighted by molar-refractivity contribution is 0.578. The summed E-state index contributed by atoms with van der Waals surface area (Å²) in [4.78, 5) is 0. The van der Waals surface area contributed by atoms with Gasteiger partial charge in [0.15, 0.2) is 0 Å². The molecule has 0 radical (unpaired) electrons. The molecule has 1 aromatic carbocycles. The van der Waals surface area contributed by atoms with Gasteiger partial charge in [-0.1, -0.05) is 18.2 Å². The van der Waals surface area contributed by atoms with Crippen LogP contribution in [0.25, 0.3) is 6.08 Å². The van der Waals surface area contributed by atoms with Crippen LogP contribution in [0.1, 0.15) is 5.56 Å². The summed E-state index contributed by atoms with van der Waals surface area (Å²) in [6.45, 7) is 0.591. The molecule has 0 heterocycles. The van der Waals surface area contributed by atoms with E-state index in [1.54, 1.807) is 13.1 Å². The Labute approximate surface area is 76.1 Å². The van der Waals surface area contributed by atoms with Gasteiger partial charge in [-0.05, 0) is 19.2 Å². The summed E-state index contributed by atoms with van der Waals surface area (Å²) in [5.41, 5.74) is 0.0118. The average molecular weight is 183 g/mol. The Morgan fingerprint density at radius 1 is 1.31 bits per heavy atom. The third-order valence-electron chi connectivity index (χ3n) is 1.61. The molecule has 1 N–H and O–H groups in total. The second-order valence-corrected chi connectivity index (χ2v) is 2.60. The number of hydrogen-bond donors (Lipinski definition) is 1. The predicted octanol–water partition coefficient (Wildman–Crippen LogP) is 2.20. The van der Waals surface area contributed by atoms with Gasteiger partial charge in [-0.2, -0.15) is 0 Å². The number of benzene rings is 1. The van der Waals surface area contributed by atoms with Crippen LogP contribution in [-0.4, -0.2) is 13.6 Å². The molecule has 13 heavy (non-hydrogen) atoms. The van der Waals surface area contributed by atoms with Crippen molar-refractivity contribution in [2.24, 2.45) is 0 Å². The van der Waals surface area contributed by atoms with Crippen molar-refractivity contribution in [3.05, 3.63) is 41.5 Å². The fraction of sp³-hybridized carbons (Fsp3) is 0.200. The zero-order chi connectivity index (χ0) is 9.68. The van der Waals surface area contributed by atoms with Crippen molar-refractivity contribution < 1.29 is 8.78 Å². The number of rotatable bonds is 3. The molecule has 1 rings (SSSR count). The minimum atomic E-state index is -0.535. The van der Waals surface area contributed by atoms with Gasteiger partial charge in [0.05, 0.1) is 0 Å². The van der Waals surface area contributed by atoms with Crippen LogP contribution < -0.4 is 5.32 Å². The normalized spacial score (nSPS) is 11.0. The smallest absolute Gasteiger partial charge is 0.133 e. The van der Waals surface area contributed by atoms with Gasteiger partial charge in [-0.25, -0.2) is 8.78 Å². The third-order valence-corrected chi connectivity index (χ3v) is 1.61. The molecule has 0 aromatic heterocycles. The topological polar surface area (TPSA) is 12.0 Å². The van der Waals surface area contributed by atoms with Crippen LogP contribution in [0.5, 0.6) is 0 Å². The SMILES string of the molecule is CNC/C=C/c1c(F)cccc1F. The average Bonchev–Trinajstić information content (AvgIpc) is 2.10. The molecule has 0 atom stereocenters. The summed E-state index contributed by atoms with van der Waals surface area (Å²) in [5, 5.41) is 2.85. The highest BCUT2D eigenvalue weighted by atomic mass is 19.1. The van der Waals surface area contributed by atoms with Gasteiger partial charge in [0.1, 0.15) is 11.6 Å². The van der Waals surface area contributed by atoms with Gasteiger partial charge < -0.3 is 5.32 Å². The van der Waals surface area contributed by atoms with E-state index in [9.17, 15) is 8.78 Å². The van der Waals surface area contributed by atoms with Crippen molar-refractivity contribution >= 4 is 6.08 Å². The molecule has 0 fully saturated rings. The van der Waals surface area contributed by atoms with Crippen LogP contribution in [0, 0.1) is 11.6 Å². The van der Waals surface area contributed by atoms with Crippen molar-refractivity contribution in [1.82, 2.24) is 5.32 Å². The molecule has 0 spiro atoms. The van der Waals surface area contributed by atoms with Crippen LogP contribution in [0.4, 0.5) is 8.78 Å². The predicted molar refractivity (Wildman–Crippen MR) is 49.3 cm³/mol. The molecule has 0 aliphatic heterocycles. The number of nitrogens with one attached hydrogen (secondary N) is 1.